The molecule has 1 aromatic carbocycles. The Balaban J connectivity index is 0.000000443. The van der Waals surface area contributed by atoms with Crippen molar-refractivity contribution in [2.45, 2.75) is 33.6 Å². The van der Waals surface area contributed by atoms with Gasteiger partial charge in [-0.2, -0.15) is 0 Å². The summed E-state index contributed by atoms with van der Waals surface area (Å²) in [7, 11) is 0. The summed E-state index contributed by atoms with van der Waals surface area (Å²) in [5.74, 6) is 0. The van der Waals surface area contributed by atoms with Crippen LogP contribution in [0.4, 0.5) is 0 Å². The van der Waals surface area contributed by atoms with Crippen LogP contribution in [0.5, 0.6) is 0 Å². The summed E-state index contributed by atoms with van der Waals surface area (Å²) in [5, 5.41) is 0. The molecule has 0 bridgehead atoms. The number of allylic oxidation sites excluding steroid dienone is 3. The van der Waals surface area contributed by atoms with Gasteiger partial charge in [-0.15, -0.1) is 0 Å². The van der Waals surface area contributed by atoms with E-state index >= 15 is 0 Å². The lowest BCUT2D eigenvalue weighted by Gasteiger charge is -1.98. The van der Waals surface area contributed by atoms with Gasteiger partial charge in [0.15, 0.2) is 0 Å². The molecule has 1 aromatic rings. The van der Waals surface area contributed by atoms with E-state index < -0.39 is 0 Å². The van der Waals surface area contributed by atoms with Gasteiger partial charge in [-0.1, -0.05) is 53.6 Å². The van der Waals surface area contributed by atoms with Crippen molar-refractivity contribution in [3.05, 3.63) is 59.7 Å². The Morgan fingerprint density at radius 1 is 0.947 bits per heavy atom. The third kappa shape index (κ3) is 14.1. The van der Waals surface area contributed by atoms with E-state index in [1.54, 1.807) is 0 Å². The van der Waals surface area contributed by atoms with E-state index in [0.717, 1.165) is 12.8 Å². The second-order valence-corrected chi connectivity index (χ2v) is 4.45. The Morgan fingerprint density at radius 2 is 1.47 bits per heavy atom. The van der Waals surface area contributed by atoms with E-state index in [4.69, 9.17) is 0 Å². The maximum absolute atomic E-state index is 9.83. The van der Waals surface area contributed by atoms with Gasteiger partial charge in [0.2, 0.25) is 0 Å². The van der Waals surface area contributed by atoms with Gasteiger partial charge in [0.25, 0.3) is 6.47 Å². The van der Waals surface area contributed by atoms with Crippen molar-refractivity contribution in [1.82, 2.24) is 0 Å². The molecule has 0 unspecified atom stereocenters. The molecule has 0 spiro atoms. The first-order valence-corrected chi connectivity index (χ1v) is 6.51. The van der Waals surface area contributed by atoms with Crippen LogP contribution < -0.4 is 0 Å². The first-order chi connectivity index (χ1) is 9.16. The van der Waals surface area contributed by atoms with Crippen LogP contribution in [0.2, 0.25) is 0 Å². The van der Waals surface area contributed by atoms with Gasteiger partial charge in [-0.05, 0) is 39.7 Å². The molecule has 2 nitrogen and oxygen atoms in total. The zero-order valence-corrected chi connectivity index (χ0v) is 12.1. The molecule has 0 aromatic heterocycles. The first-order valence-electron chi connectivity index (χ1n) is 6.51. The van der Waals surface area contributed by atoms with Crippen molar-refractivity contribution in [2.75, 3.05) is 6.61 Å². The third-order valence-corrected chi connectivity index (χ3v) is 2.35. The minimum Gasteiger partial charge on any atom is -0.464 e. The Hall–Kier alpha value is -1.83. The van der Waals surface area contributed by atoms with Crippen LogP contribution in [0.15, 0.2) is 59.7 Å². The lowest BCUT2D eigenvalue weighted by atomic mass is 10.1. The predicted molar refractivity (Wildman–Crippen MR) is 80.9 cm³/mol. The number of ether oxygens (including phenoxy) is 1. The molecular weight excluding hydrogens is 236 g/mol. The van der Waals surface area contributed by atoms with Crippen LogP contribution in [0.1, 0.15) is 33.6 Å². The van der Waals surface area contributed by atoms with Crippen LogP contribution in [-0.4, -0.2) is 13.1 Å². The fourth-order valence-corrected chi connectivity index (χ4v) is 1.31. The quantitative estimate of drug-likeness (QED) is 0.426. The highest BCUT2D eigenvalue weighted by atomic mass is 16.5. The Bertz CT molecular complexity index is 347. The number of hydrogen-bond acceptors (Lipinski definition) is 2. The highest BCUT2D eigenvalue weighted by molar-refractivity contribution is 5.37. The number of carbonyl (C=O) groups is 1. The molecular formula is C17H24O2. The highest BCUT2D eigenvalue weighted by Crippen LogP contribution is 2.05. The molecule has 1 rings (SSSR count). The number of carbonyl (C=O) groups excluding carboxylic acids is 1. The highest BCUT2D eigenvalue weighted by Gasteiger charge is 1.88. The van der Waals surface area contributed by atoms with E-state index in [0.29, 0.717) is 13.1 Å². The summed E-state index contributed by atoms with van der Waals surface area (Å²) in [6.07, 6.45) is 6.24. The monoisotopic (exact) mass is 260 g/mol. The summed E-state index contributed by atoms with van der Waals surface area (Å²) in [6.45, 7) is 7.10. The predicted octanol–water partition coefficient (Wildman–Crippen LogP) is 4.54. The molecule has 0 fully saturated rings. The van der Waals surface area contributed by atoms with Gasteiger partial charge in [0.05, 0.1) is 0 Å². The SMILES string of the molecule is CC(C)=CCC/C(C)=C/COC=O.c1ccccc1. The summed E-state index contributed by atoms with van der Waals surface area (Å²) >= 11 is 0. The van der Waals surface area contributed by atoms with Crippen molar-refractivity contribution < 1.29 is 9.53 Å². The molecule has 0 heterocycles. The number of rotatable bonds is 6. The van der Waals surface area contributed by atoms with E-state index in [9.17, 15) is 4.79 Å². The minimum absolute atomic E-state index is 0.393. The maximum Gasteiger partial charge on any atom is 0.293 e. The van der Waals surface area contributed by atoms with Crippen molar-refractivity contribution >= 4 is 6.47 Å². The molecule has 0 N–H and O–H groups in total. The van der Waals surface area contributed by atoms with Crippen molar-refractivity contribution in [1.29, 1.82) is 0 Å². The minimum atomic E-state index is 0.393. The Kier molecular flexibility index (Phi) is 11.4. The fourth-order valence-electron chi connectivity index (χ4n) is 1.31. The molecule has 0 aliphatic carbocycles. The first kappa shape index (κ1) is 17.2. The lowest BCUT2D eigenvalue weighted by Crippen LogP contribution is -1.88. The van der Waals surface area contributed by atoms with Crippen LogP contribution in [0.3, 0.4) is 0 Å². The van der Waals surface area contributed by atoms with Gasteiger partial charge >= 0.3 is 0 Å². The molecule has 0 atom stereocenters. The summed E-state index contributed by atoms with van der Waals surface area (Å²) in [4.78, 5) is 9.83. The second-order valence-electron chi connectivity index (χ2n) is 4.45. The fraction of sp³-hybridized carbons (Fsp3) is 0.353. The summed E-state index contributed by atoms with van der Waals surface area (Å²) in [6, 6.07) is 12.0. The van der Waals surface area contributed by atoms with Gasteiger partial charge in [0.1, 0.15) is 6.61 Å². The molecule has 0 amide bonds. The van der Waals surface area contributed by atoms with Gasteiger partial charge < -0.3 is 4.74 Å². The smallest absolute Gasteiger partial charge is 0.293 e. The van der Waals surface area contributed by atoms with E-state index in [1.807, 2.05) is 49.4 Å². The Morgan fingerprint density at radius 3 is 1.89 bits per heavy atom. The van der Waals surface area contributed by atoms with Gasteiger partial charge in [0, 0.05) is 0 Å². The summed E-state index contributed by atoms with van der Waals surface area (Å²) < 4.78 is 4.56. The van der Waals surface area contributed by atoms with Crippen LogP contribution >= 0.6 is 0 Å². The van der Waals surface area contributed by atoms with Gasteiger partial charge in [-0.3, -0.25) is 4.79 Å². The van der Waals surface area contributed by atoms with Crippen molar-refractivity contribution in [3.8, 4) is 0 Å². The second kappa shape index (κ2) is 12.6. The molecule has 0 saturated carbocycles. The average Bonchev–Trinajstić information content (AvgIpc) is 2.41. The number of benzene rings is 1. The zero-order valence-electron chi connectivity index (χ0n) is 12.1. The van der Waals surface area contributed by atoms with Crippen LogP contribution in [0.25, 0.3) is 0 Å². The van der Waals surface area contributed by atoms with Crippen molar-refractivity contribution in [2.24, 2.45) is 0 Å². The zero-order chi connectivity index (χ0) is 14.3. The summed E-state index contributed by atoms with van der Waals surface area (Å²) in [5.41, 5.74) is 2.61. The third-order valence-electron chi connectivity index (χ3n) is 2.35. The molecule has 19 heavy (non-hydrogen) atoms. The standard InChI is InChI=1S/C11H18O2.C6H6/c1-10(2)5-4-6-11(3)7-8-13-9-12;1-2-4-6-5-3-1/h5,7,9H,4,6,8H2,1-3H3;1-6H/b11-7+;. The molecule has 2 heteroatoms. The van der Waals surface area contributed by atoms with E-state index in [-0.39, 0.29) is 0 Å². The van der Waals surface area contributed by atoms with Crippen LogP contribution in [0, 0.1) is 0 Å². The molecule has 0 saturated heterocycles. The van der Waals surface area contributed by atoms with Crippen molar-refractivity contribution in [3.63, 3.8) is 0 Å². The normalized spacial score (nSPS) is 9.95. The molecule has 0 aliphatic rings. The molecule has 104 valence electrons. The Labute approximate surface area is 116 Å². The topological polar surface area (TPSA) is 26.3 Å². The lowest BCUT2D eigenvalue weighted by molar-refractivity contribution is -0.127. The van der Waals surface area contributed by atoms with E-state index in [2.05, 4.69) is 24.7 Å². The largest absolute Gasteiger partial charge is 0.464 e. The van der Waals surface area contributed by atoms with E-state index in [1.165, 1.54) is 11.1 Å². The van der Waals surface area contributed by atoms with Gasteiger partial charge in [-0.25, -0.2) is 0 Å². The number of hydrogen-bond donors (Lipinski definition) is 0. The average molecular weight is 260 g/mol. The molecule has 0 radical (unpaired) electrons. The maximum atomic E-state index is 9.83. The molecule has 0 aliphatic heterocycles. The van der Waals surface area contributed by atoms with Crippen LogP contribution in [-0.2, 0) is 9.53 Å².